The number of nitrogens with zero attached hydrogens (tertiary/aromatic N) is 3. The third-order valence-electron chi connectivity index (χ3n) is 5.79. The second-order valence-electron chi connectivity index (χ2n) is 8.15. The van der Waals surface area contributed by atoms with Gasteiger partial charge in [-0.3, -0.25) is 4.57 Å². The standard InChI is InChI=1S/C26H29N3OS/c1-19-9-13-22(14-10-19)17-18-28-24-7-5-6-8-25(24)29(26(28)27-31(4)30)21(3)23-15-11-20(2)12-16-23/h5-16,21H,17-18H2,1-4H3/b27-26+. The van der Waals surface area contributed by atoms with Crippen molar-refractivity contribution >= 4 is 22.4 Å². The van der Waals surface area contributed by atoms with Gasteiger partial charge in [-0.15, -0.1) is 0 Å². The number of aromatic nitrogens is 2. The molecule has 3 aromatic carbocycles. The van der Waals surface area contributed by atoms with Crippen molar-refractivity contribution in [1.82, 2.24) is 9.13 Å². The van der Waals surface area contributed by atoms with Crippen LogP contribution in [0.1, 0.15) is 35.2 Å². The van der Waals surface area contributed by atoms with Crippen LogP contribution in [-0.2, 0) is 24.3 Å². The van der Waals surface area contributed by atoms with Crippen molar-refractivity contribution in [2.24, 2.45) is 4.40 Å². The van der Waals surface area contributed by atoms with Crippen molar-refractivity contribution in [2.75, 3.05) is 6.26 Å². The maximum atomic E-state index is 12.2. The first-order chi connectivity index (χ1) is 14.9. The molecule has 0 spiro atoms. The molecule has 0 aliphatic rings. The highest BCUT2D eigenvalue weighted by molar-refractivity contribution is 7.89. The normalized spacial score (nSPS) is 14.2. The molecular weight excluding hydrogens is 402 g/mol. The van der Waals surface area contributed by atoms with E-state index in [2.05, 4.69) is 107 Å². The molecule has 4 nitrogen and oxygen atoms in total. The van der Waals surface area contributed by atoms with Crippen molar-refractivity contribution in [3.05, 3.63) is 101 Å². The molecule has 0 bridgehead atoms. The Morgan fingerprint density at radius 2 is 1.45 bits per heavy atom. The first kappa shape index (κ1) is 21.5. The number of para-hydroxylation sites is 2. The van der Waals surface area contributed by atoms with Crippen molar-refractivity contribution in [1.29, 1.82) is 0 Å². The Morgan fingerprint density at radius 1 is 0.871 bits per heavy atom. The molecule has 1 aromatic heterocycles. The van der Waals surface area contributed by atoms with Crippen LogP contribution in [0.4, 0.5) is 0 Å². The Morgan fingerprint density at radius 3 is 2.06 bits per heavy atom. The summed E-state index contributed by atoms with van der Waals surface area (Å²) in [6.07, 6.45) is 2.51. The van der Waals surface area contributed by atoms with Gasteiger partial charge in [0.15, 0.2) is 0 Å². The van der Waals surface area contributed by atoms with Gasteiger partial charge in [0.05, 0.1) is 28.4 Å². The molecule has 160 valence electrons. The van der Waals surface area contributed by atoms with Gasteiger partial charge in [0, 0.05) is 6.54 Å². The molecule has 31 heavy (non-hydrogen) atoms. The van der Waals surface area contributed by atoms with Gasteiger partial charge in [-0.05, 0) is 54.8 Å². The fourth-order valence-corrected chi connectivity index (χ4v) is 4.46. The average Bonchev–Trinajstić information content (AvgIpc) is 3.06. The van der Waals surface area contributed by atoms with Crippen LogP contribution in [0.25, 0.3) is 11.0 Å². The van der Waals surface area contributed by atoms with Crippen LogP contribution in [-0.4, -0.2) is 19.9 Å². The van der Waals surface area contributed by atoms with Gasteiger partial charge >= 0.3 is 0 Å². The summed E-state index contributed by atoms with van der Waals surface area (Å²) in [5.74, 6) is 0. The van der Waals surface area contributed by atoms with E-state index >= 15 is 0 Å². The van der Waals surface area contributed by atoms with E-state index in [9.17, 15) is 4.55 Å². The SMILES string of the molecule is Cc1ccc(CCn2/c(=N\[S+](C)[O-])n(C(C)c3ccc(C)cc3)c3ccccc32)cc1. The molecule has 0 N–H and O–H groups in total. The van der Waals surface area contributed by atoms with Crippen LogP contribution in [0.15, 0.2) is 77.2 Å². The smallest absolute Gasteiger partial charge is 0.260 e. The van der Waals surface area contributed by atoms with Crippen LogP contribution < -0.4 is 5.62 Å². The Balaban J connectivity index is 1.85. The third-order valence-corrected chi connectivity index (χ3v) is 6.21. The Hall–Kier alpha value is -2.76. The van der Waals surface area contributed by atoms with E-state index in [4.69, 9.17) is 0 Å². The van der Waals surface area contributed by atoms with Gasteiger partial charge in [-0.1, -0.05) is 71.8 Å². The summed E-state index contributed by atoms with van der Waals surface area (Å²) < 4.78 is 21.2. The topological polar surface area (TPSA) is 45.3 Å². The van der Waals surface area contributed by atoms with E-state index in [1.54, 1.807) is 6.26 Å². The summed E-state index contributed by atoms with van der Waals surface area (Å²) in [4.78, 5) is 0. The van der Waals surface area contributed by atoms with E-state index in [0.29, 0.717) is 0 Å². The van der Waals surface area contributed by atoms with Gasteiger partial charge in [0.2, 0.25) is 0 Å². The summed E-state index contributed by atoms with van der Waals surface area (Å²) >= 11 is -1.31. The molecule has 4 rings (SSSR count). The minimum absolute atomic E-state index is 0.0634. The average molecular weight is 432 g/mol. The van der Waals surface area contributed by atoms with Gasteiger partial charge in [-0.2, -0.15) is 0 Å². The lowest BCUT2D eigenvalue weighted by Crippen LogP contribution is -2.30. The van der Waals surface area contributed by atoms with E-state index in [1.165, 1.54) is 22.3 Å². The Kier molecular flexibility index (Phi) is 6.35. The monoisotopic (exact) mass is 431 g/mol. The molecule has 2 atom stereocenters. The highest BCUT2D eigenvalue weighted by atomic mass is 32.2. The number of fused-ring (bicyclic) bond motifs is 1. The van der Waals surface area contributed by atoms with Gasteiger partial charge in [0.1, 0.15) is 6.26 Å². The molecule has 0 saturated carbocycles. The molecule has 0 saturated heterocycles. The number of imidazole rings is 1. The Labute approximate surface area is 187 Å². The number of hydrogen-bond acceptors (Lipinski definition) is 2. The summed E-state index contributed by atoms with van der Waals surface area (Å²) in [6.45, 7) is 7.15. The van der Waals surface area contributed by atoms with Crippen LogP contribution in [0.2, 0.25) is 0 Å². The van der Waals surface area contributed by atoms with Gasteiger partial charge in [-0.25, -0.2) is 0 Å². The third kappa shape index (κ3) is 4.63. The van der Waals surface area contributed by atoms with Crippen LogP contribution in [0.3, 0.4) is 0 Å². The lowest BCUT2D eigenvalue weighted by molar-refractivity contribution is 0.567. The summed E-state index contributed by atoms with van der Waals surface area (Å²) in [7, 11) is 0. The van der Waals surface area contributed by atoms with Gasteiger partial charge < -0.3 is 9.12 Å². The van der Waals surface area contributed by atoms with E-state index < -0.39 is 11.4 Å². The van der Waals surface area contributed by atoms with Crippen molar-refractivity contribution < 1.29 is 4.55 Å². The number of aryl methyl sites for hydroxylation is 4. The van der Waals surface area contributed by atoms with E-state index in [-0.39, 0.29) is 6.04 Å². The van der Waals surface area contributed by atoms with Crippen molar-refractivity contribution in [3.63, 3.8) is 0 Å². The van der Waals surface area contributed by atoms with Crippen LogP contribution in [0.5, 0.6) is 0 Å². The number of hydrogen-bond donors (Lipinski definition) is 0. The van der Waals surface area contributed by atoms with Crippen molar-refractivity contribution in [3.8, 4) is 0 Å². The molecule has 1 heterocycles. The second kappa shape index (κ2) is 9.16. The second-order valence-corrected chi connectivity index (χ2v) is 9.18. The molecule has 0 aliphatic heterocycles. The molecule has 2 unspecified atom stereocenters. The van der Waals surface area contributed by atoms with E-state index in [0.717, 1.165) is 29.6 Å². The largest absolute Gasteiger partial charge is 0.591 e. The zero-order valence-corrected chi connectivity index (χ0v) is 19.4. The molecule has 0 aliphatic carbocycles. The maximum Gasteiger partial charge on any atom is 0.260 e. The Bertz CT molecular complexity index is 1230. The summed E-state index contributed by atoms with van der Waals surface area (Å²) in [5.41, 5.74) is 7.95. The number of rotatable bonds is 6. The predicted octanol–water partition coefficient (Wildman–Crippen LogP) is 5.11. The molecule has 0 radical (unpaired) electrons. The maximum absolute atomic E-state index is 12.2. The lowest BCUT2D eigenvalue weighted by atomic mass is 10.1. The zero-order valence-electron chi connectivity index (χ0n) is 18.6. The molecule has 5 heteroatoms. The first-order valence-electron chi connectivity index (χ1n) is 10.6. The van der Waals surface area contributed by atoms with Crippen LogP contribution >= 0.6 is 0 Å². The van der Waals surface area contributed by atoms with Gasteiger partial charge in [0.25, 0.3) is 5.62 Å². The van der Waals surface area contributed by atoms with Crippen LogP contribution in [0, 0.1) is 13.8 Å². The highest BCUT2D eigenvalue weighted by Crippen LogP contribution is 2.23. The predicted molar refractivity (Wildman–Crippen MR) is 129 cm³/mol. The zero-order chi connectivity index (χ0) is 22.0. The molecular formula is C26H29N3OS. The molecule has 0 amide bonds. The lowest BCUT2D eigenvalue weighted by Gasteiger charge is -2.16. The molecule has 0 fully saturated rings. The summed E-state index contributed by atoms with van der Waals surface area (Å²) in [6, 6.07) is 25.7. The number of benzene rings is 3. The fraction of sp³-hybridized carbons (Fsp3) is 0.269. The molecule has 4 aromatic rings. The highest BCUT2D eigenvalue weighted by Gasteiger charge is 2.19. The fourth-order valence-electron chi connectivity index (χ4n) is 4.04. The minimum atomic E-state index is -1.31. The summed E-state index contributed by atoms with van der Waals surface area (Å²) in [5, 5.41) is 0. The quantitative estimate of drug-likeness (QED) is 0.392. The minimum Gasteiger partial charge on any atom is -0.591 e. The van der Waals surface area contributed by atoms with Crippen molar-refractivity contribution in [2.45, 2.75) is 39.8 Å². The van der Waals surface area contributed by atoms with E-state index in [1.807, 2.05) is 0 Å². The first-order valence-corrected chi connectivity index (χ1v) is 12.2.